The third-order valence-corrected chi connectivity index (χ3v) is 4.96. The Kier molecular flexibility index (Phi) is 8.47. The Balaban J connectivity index is 2.53. The average molecular weight is 434 g/mol. The standard InChI is InChI=1S/C23H31NO7/c1-7-30-21(26)12-24-15(4)22(23(27)31-13-14(2)3)19(11-20(24)25)16-8-17(28-5)10-18(9-16)29-6/h8-10,14,19H,7,11-13H2,1-6H3. The van der Waals surface area contributed by atoms with Crippen molar-refractivity contribution in [1.29, 1.82) is 0 Å². The van der Waals surface area contributed by atoms with Gasteiger partial charge in [-0.15, -0.1) is 0 Å². The zero-order chi connectivity index (χ0) is 23.1. The second-order valence-corrected chi connectivity index (χ2v) is 7.68. The molecule has 1 amide bonds. The van der Waals surface area contributed by atoms with Crippen LogP contribution in [0.1, 0.15) is 45.6 Å². The second-order valence-electron chi connectivity index (χ2n) is 7.68. The van der Waals surface area contributed by atoms with Gasteiger partial charge in [0.25, 0.3) is 0 Å². The van der Waals surface area contributed by atoms with Crippen molar-refractivity contribution < 1.29 is 33.3 Å². The monoisotopic (exact) mass is 433 g/mol. The molecule has 0 radical (unpaired) electrons. The molecule has 31 heavy (non-hydrogen) atoms. The third-order valence-electron chi connectivity index (χ3n) is 4.96. The zero-order valence-corrected chi connectivity index (χ0v) is 19.0. The van der Waals surface area contributed by atoms with Crippen molar-refractivity contribution >= 4 is 17.8 Å². The van der Waals surface area contributed by atoms with Crippen molar-refractivity contribution in [2.24, 2.45) is 5.92 Å². The molecule has 0 saturated heterocycles. The van der Waals surface area contributed by atoms with E-state index in [9.17, 15) is 14.4 Å². The van der Waals surface area contributed by atoms with E-state index in [1.807, 2.05) is 13.8 Å². The van der Waals surface area contributed by atoms with Crippen LogP contribution in [0, 0.1) is 5.92 Å². The van der Waals surface area contributed by atoms with Gasteiger partial charge in [0.2, 0.25) is 5.91 Å². The first-order chi connectivity index (χ1) is 14.7. The molecule has 8 heteroatoms. The fraction of sp³-hybridized carbons (Fsp3) is 0.522. The van der Waals surface area contributed by atoms with Gasteiger partial charge < -0.3 is 23.8 Å². The summed E-state index contributed by atoms with van der Waals surface area (Å²) in [5, 5.41) is 0. The minimum absolute atomic E-state index is 0.000815. The first-order valence-corrected chi connectivity index (χ1v) is 10.3. The topological polar surface area (TPSA) is 91.4 Å². The van der Waals surface area contributed by atoms with Gasteiger partial charge in [0, 0.05) is 24.1 Å². The lowest BCUT2D eigenvalue weighted by Gasteiger charge is -2.34. The summed E-state index contributed by atoms with van der Waals surface area (Å²) in [6, 6.07) is 5.25. The van der Waals surface area contributed by atoms with Gasteiger partial charge in [-0.2, -0.15) is 0 Å². The van der Waals surface area contributed by atoms with Crippen molar-refractivity contribution in [3.05, 3.63) is 35.0 Å². The lowest BCUT2D eigenvalue weighted by molar-refractivity contribution is -0.149. The van der Waals surface area contributed by atoms with Gasteiger partial charge in [-0.05, 0) is 37.5 Å². The first kappa shape index (κ1) is 24.2. The average Bonchev–Trinajstić information content (AvgIpc) is 2.74. The van der Waals surface area contributed by atoms with Crippen molar-refractivity contribution in [2.75, 3.05) is 34.0 Å². The molecule has 1 unspecified atom stereocenters. The number of amides is 1. The summed E-state index contributed by atoms with van der Waals surface area (Å²) in [6.07, 6.45) is -0.000815. The molecule has 8 nitrogen and oxygen atoms in total. The van der Waals surface area contributed by atoms with Gasteiger partial charge >= 0.3 is 11.9 Å². The maximum Gasteiger partial charge on any atom is 0.336 e. The lowest BCUT2D eigenvalue weighted by Crippen LogP contribution is -2.41. The van der Waals surface area contributed by atoms with E-state index in [1.54, 1.807) is 32.0 Å². The molecular formula is C23H31NO7. The van der Waals surface area contributed by atoms with Crippen LogP contribution in [-0.2, 0) is 23.9 Å². The summed E-state index contributed by atoms with van der Waals surface area (Å²) in [6.45, 7) is 7.42. The quantitative estimate of drug-likeness (QED) is 0.553. The molecule has 1 heterocycles. The number of carbonyl (C=O) groups excluding carboxylic acids is 3. The molecule has 1 aromatic carbocycles. The Bertz CT molecular complexity index is 837. The fourth-order valence-electron chi connectivity index (χ4n) is 3.44. The maximum absolute atomic E-state index is 13.1. The van der Waals surface area contributed by atoms with Gasteiger partial charge in [-0.3, -0.25) is 9.59 Å². The molecule has 1 aliphatic heterocycles. The number of rotatable bonds is 9. The molecule has 1 atom stereocenters. The Morgan fingerprint density at radius 2 is 1.71 bits per heavy atom. The second kappa shape index (κ2) is 10.8. The summed E-state index contributed by atoms with van der Waals surface area (Å²) < 4.78 is 21.2. The summed E-state index contributed by atoms with van der Waals surface area (Å²) in [7, 11) is 3.06. The van der Waals surface area contributed by atoms with Crippen LogP contribution in [-0.4, -0.2) is 56.7 Å². The summed E-state index contributed by atoms with van der Waals surface area (Å²) in [4.78, 5) is 39.3. The van der Waals surface area contributed by atoms with Crippen LogP contribution in [0.25, 0.3) is 0 Å². The Morgan fingerprint density at radius 3 is 2.23 bits per heavy atom. The normalized spacial score (nSPS) is 16.4. The predicted molar refractivity (Wildman–Crippen MR) is 114 cm³/mol. The van der Waals surface area contributed by atoms with E-state index in [2.05, 4.69) is 0 Å². The van der Waals surface area contributed by atoms with Gasteiger partial charge in [0.05, 0.1) is 33.0 Å². The highest BCUT2D eigenvalue weighted by Crippen LogP contribution is 2.39. The van der Waals surface area contributed by atoms with E-state index < -0.39 is 17.9 Å². The summed E-state index contributed by atoms with van der Waals surface area (Å²) in [5.41, 5.74) is 1.40. The van der Waals surface area contributed by atoms with Crippen molar-refractivity contribution in [2.45, 2.75) is 40.0 Å². The molecule has 0 aliphatic carbocycles. The van der Waals surface area contributed by atoms with E-state index in [0.29, 0.717) is 28.3 Å². The van der Waals surface area contributed by atoms with E-state index >= 15 is 0 Å². The Labute approximate surface area is 183 Å². The maximum atomic E-state index is 13.1. The fourth-order valence-corrected chi connectivity index (χ4v) is 3.44. The van der Waals surface area contributed by atoms with Crippen LogP contribution >= 0.6 is 0 Å². The molecule has 1 aliphatic rings. The molecule has 0 saturated carbocycles. The number of hydrogen-bond acceptors (Lipinski definition) is 7. The van der Waals surface area contributed by atoms with Gasteiger partial charge in [-0.1, -0.05) is 13.8 Å². The van der Waals surface area contributed by atoms with E-state index in [0.717, 1.165) is 0 Å². The first-order valence-electron chi connectivity index (χ1n) is 10.3. The molecule has 1 aromatic rings. The molecule has 2 rings (SSSR count). The molecule has 0 aromatic heterocycles. The number of nitrogens with zero attached hydrogens (tertiary/aromatic N) is 1. The number of esters is 2. The number of methoxy groups -OCH3 is 2. The van der Waals surface area contributed by atoms with Crippen LogP contribution in [0.3, 0.4) is 0 Å². The van der Waals surface area contributed by atoms with Crippen LogP contribution in [0.4, 0.5) is 0 Å². The smallest absolute Gasteiger partial charge is 0.336 e. The Hall–Kier alpha value is -3.03. The highest BCUT2D eigenvalue weighted by Gasteiger charge is 2.38. The SMILES string of the molecule is CCOC(=O)CN1C(=O)CC(c2cc(OC)cc(OC)c2)C(C(=O)OCC(C)C)=C1C. The number of carbonyl (C=O) groups is 3. The minimum atomic E-state index is -0.561. The molecule has 0 bridgehead atoms. The summed E-state index contributed by atoms with van der Waals surface area (Å²) >= 11 is 0. The zero-order valence-electron chi connectivity index (χ0n) is 19.0. The van der Waals surface area contributed by atoms with Crippen molar-refractivity contribution in [1.82, 2.24) is 4.90 Å². The molecular weight excluding hydrogens is 402 g/mol. The lowest BCUT2D eigenvalue weighted by atomic mass is 9.83. The minimum Gasteiger partial charge on any atom is -0.497 e. The number of ether oxygens (including phenoxy) is 4. The third kappa shape index (κ3) is 5.99. The van der Waals surface area contributed by atoms with Crippen molar-refractivity contribution in [3.8, 4) is 11.5 Å². The van der Waals surface area contributed by atoms with Gasteiger partial charge in [0.15, 0.2) is 0 Å². The molecule has 0 spiro atoms. The van der Waals surface area contributed by atoms with E-state index in [1.165, 1.54) is 19.1 Å². The molecule has 0 fully saturated rings. The van der Waals surface area contributed by atoms with Crippen LogP contribution in [0.2, 0.25) is 0 Å². The number of allylic oxidation sites excluding steroid dienone is 1. The van der Waals surface area contributed by atoms with E-state index in [4.69, 9.17) is 18.9 Å². The van der Waals surface area contributed by atoms with Crippen LogP contribution < -0.4 is 9.47 Å². The number of hydrogen-bond donors (Lipinski definition) is 0. The van der Waals surface area contributed by atoms with Crippen molar-refractivity contribution in [3.63, 3.8) is 0 Å². The Morgan fingerprint density at radius 1 is 1.10 bits per heavy atom. The highest BCUT2D eigenvalue weighted by molar-refractivity contribution is 5.96. The van der Waals surface area contributed by atoms with E-state index in [-0.39, 0.29) is 38.0 Å². The van der Waals surface area contributed by atoms with Gasteiger partial charge in [-0.25, -0.2) is 4.79 Å². The molecule has 0 N–H and O–H groups in total. The van der Waals surface area contributed by atoms with Crippen LogP contribution in [0.5, 0.6) is 11.5 Å². The molecule has 170 valence electrons. The summed E-state index contributed by atoms with van der Waals surface area (Å²) in [5.74, 6) is -0.647. The number of benzene rings is 1. The highest BCUT2D eigenvalue weighted by atomic mass is 16.5. The van der Waals surface area contributed by atoms with Crippen LogP contribution in [0.15, 0.2) is 29.5 Å². The largest absolute Gasteiger partial charge is 0.497 e. The van der Waals surface area contributed by atoms with Gasteiger partial charge in [0.1, 0.15) is 18.0 Å². The predicted octanol–water partition coefficient (Wildman–Crippen LogP) is 3.06.